The molecule has 0 spiro atoms. The molecule has 0 aromatic heterocycles. The second-order valence-corrected chi connectivity index (χ2v) is 4.01. The van der Waals surface area contributed by atoms with Crippen LogP contribution in [-0.2, 0) is 4.79 Å². The van der Waals surface area contributed by atoms with Crippen molar-refractivity contribution in [2.45, 2.75) is 51.9 Å². The molecule has 0 radical (unpaired) electrons. The molecule has 0 atom stereocenters. The third kappa shape index (κ3) is 3.75. The summed E-state index contributed by atoms with van der Waals surface area (Å²) < 4.78 is 0. The van der Waals surface area contributed by atoms with E-state index in [0.717, 1.165) is 24.7 Å². The zero-order valence-electron chi connectivity index (χ0n) is 8.59. The first-order valence-corrected chi connectivity index (χ1v) is 5.52. The molecule has 1 heteroatoms. The van der Waals surface area contributed by atoms with E-state index in [2.05, 4.69) is 13.0 Å². The lowest BCUT2D eigenvalue weighted by Gasteiger charge is -2.18. The summed E-state index contributed by atoms with van der Waals surface area (Å²) in [5.41, 5.74) is 1.02. The molecule has 0 amide bonds. The molecule has 1 aliphatic rings. The van der Waals surface area contributed by atoms with Crippen molar-refractivity contribution in [2.24, 2.45) is 5.92 Å². The Morgan fingerprint density at radius 3 is 2.54 bits per heavy atom. The lowest BCUT2D eigenvalue weighted by molar-refractivity contribution is -0.105. The molecule has 0 aromatic carbocycles. The summed E-state index contributed by atoms with van der Waals surface area (Å²) in [5.74, 6) is 0.695. The quantitative estimate of drug-likeness (QED) is 0.478. The molecule has 0 heterocycles. The van der Waals surface area contributed by atoms with Gasteiger partial charge in [0, 0.05) is 0 Å². The first-order valence-electron chi connectivity index (χ1n) is 5.52. The van der Waals surface area contributed by atoms with Gasteiger partial charge in [-0.3, -0.25) is 4.79 Å². The molecule has 0 aromatic rings. The van der Waals surface area contributed by atoms with E-state index in [1.54, 1.807) is 0 Å². The standard InChI is InChI=1S/C12H20O/c1-2-6-12(10-13)9-11-7-4-3-5-8-11/h9-11H,2-8H2,1H3. The van der Waals surface area contributed by atoms with Gasteiger partial charge >= 0.3 is 0 Å². The highest BCUT2D eigenvalue weighted by Crippen LogP contribution is 2.25. The van der Waals surface area contributed by atoms with E-state index >= 15 is 0 Å². The normalized spacial score (nSPS) is 20.2. The Hall–Kier alpha value is -0.590. The molecule has 1 fully saturated rings. The van der Waals surface area contributed by atoms with Crippen molar-refractivity contribution in [3.8, 4) is 0 Å². The predicted octanol–water partition coefficient (Wildman–Crippen LogP) is 3.49. The summed E-state index contributed by atoms with van der Waals surface area (Å²) in [6, 6.07) is 0. The Kier molecular flexibility index (Phi) is 4.81. The van der Waals surface area contributed by atoms with E-state index in [1.165, 1.54) is 32.1 Å². The number of hydrogen-bond donors (Lipinski definition) is 0. The van der Waals surface area contributed by atoms with Crippen LogP contribution in [0.1, 0.15) is 51.9 Å². The van der Waals surface area contributed by atoms with Gasteiger partial charge in [-0.1, -0.05) is 38.7 Å². The largest absolute Gasteiger partial charge is 0.298 e. The second kappa shape index (κ2) is 5.95. The molecule has 1 aliphatic carbocycles. The third-order valence-corrected chi connectivity index (χ3v) is 2.79. The van der Waals surface area contributed by atoms with E-state index in [9.17, 15) is 4.79 Å². The van der Waals surface area contributed by atoms with Crippen LogP contribution in [0.5, 0.6) is 0 Å². The number of carbonyl (C=O) groups is 1. The lowest BCUT2D eigenvalue weighted by Crippen LogP contribution is -2.04. The third-order valence-electron chi connectivity index (χ3n) is 2.79. The molecule has 1 saturated carbocycles. The fourth-order valence-electron chi connectivity index (χ4n) is 2.07. The van der Waals surface area contributed by atoms with Gasteiger partial charge in [0.15, 0.2) is 0 Å². The summed E-state index contributed by atoms with van der Waals surface area (Å²) >= 11 is 0. The van der Waals surface area contributed by atoms with E-state index < -0.39 is 0 Å². The van der Waals surface area contributed by atoms with Gasteiger partial charge in [0.1, 0.15) is 6.29 Å². The van der Waals surface area contributed by atoms with E-state index in [1.807, 2.05) is 0 Å². The van der Waals surface area contributed by atoms with Crippen LogP contribution in [0.15, 0.2) is 11.6 Å². The minimum atomic E-state index is 0.695. The molecule has 1 rings (SSSR count). The van der Waals surface area contributed by atoms with Crippen molar-refractivity contribution in [1.82, 2.24) is 0 Å². The van der Waals surface area contributed by atoms with Crippen LogP contribution in [-0.4, -0.2) is 6.29 Å². The van der Waals surface area contributed by atoms with E-state index in [-0.39, 0.29) is 0 Å². The minimum Gasteiger partial charge on any atom is -0.298 e. The molecule has 1 nitrogen and oxygen atoms in total. The Bertz CT molecular complexity index is 176. The van der Waals surface area contributed by atoms with Crippen LogP contribution in [0.25, 0.3) is 0 Å². The van der Waals surface area contributed by atoms with Crippen LogP contribution in [0.4, 0.5) is 0 Å². The van der Waals surface area contributed by atoms with E-state index in [0.29, 0.717) is 5.92 Å². The minimum absolute atomic E-state index is 0.695. The predicted molar refractivity (Wildman–Crippen MR) is 55.6 cm³/mol. The van der Waals surface area contributed by atoms with Crippen molar-refractivity contribution in [1.29, 1.82) is 0 Å². The highest BCUT2D eigenvalue weighted by molar-refractivity contribution is 5.73. The molecule has 0 unspecified atom stereocenters. The monoisotopic (exact) mass is 180 g/mol. The summed E-state index contributed by atoms with van der Waals surface area (Å²) in [5, 5.41) is 0. The van der Waals surface area contributed by atoms with Gasteiger partial charge in [0.05, 0.1) is 0 Å². The Morgan fingerprint density at radius 1 is 1.31 bits per heavy atom. The number of rotatable bonds is 4. The van der Waals surface area contributed by atoms with Crippen molar-refractivity contribution < 1.29 is 4.79 Å². The molecule has 0 N–H and O–H groups in total. The first kappa shape index (κ1) is 10.5. The van der Waals surface area contributed by atoms with Crippen LogP contribution in [0, 0.1) is 5.92 Å². The Balaban J connectivity index is 2.44. The van der Waals surface area contributed by atoms with Gasteiger partial charge in [-0.05, 0) is 30.8 Å². The zero-order valence-corrected chi connectivity index (χ0v) is 8.59. The molecular weight excluding hydrogens is 160 g/mol. The SMILES string of the molecule is CCCC(C=O)=CC1CCCCC1. The highest BCUT2D eigenvalue weighted by atomic mass is 16.1. The molecule has 0 aliphatic heterocycles. The molecule has 13 heavy (non-hydrogen) atoms. The maximum Gasteiger partial charge on any atom is 0.145 e. The number of carbonyl (C=O) groups excluding carboxylic acids is 1. The van der Waals surface area contributed by atoms with Crippen LogP contribution in [0.3, 0.4) is 0 Å². The second-order valence-electron chi connectivity index (χ2n) is 4.01. The van der Waals surface area contributed by atoms with Crippen LogP contribution < -0.4 is 0 Å². The van der Waals surface area contributed by atoms with Gasteiger partial charge in [0.25, 0.3) is 0 Å². The average molecular weight is 180 g/mol. The van der Waals surface area contributed by atoms with Gasteiger partial charge in [-0.15, -0.1) is 0 Å². The fraction of sp³-hybridized carbons (Fsp3) is 0.750. The average Bonchev–Trinajstić information content (AvgIpc) is 2.19. The smallest absolute Gasteiger partial charge is 0.145 e. The number of aldehydes is 1. The van der Waals surface area contributed by atoms with Crippen LogP contribution in [0.2, 0.25) is 0 Å². The van der Waals surface area contributed by atoms with Crippen molar-refractivity contribution in [3.05, 3.63) is 11.6 Å². The summed E-state index contributed by atoms with van der Waals surface area (Å²) in [6.45, 7) is 2.12. The highest BCUT2D eigenvalue weighted by Gasteiger charge is 2.11. The van der Waals surface area contributed by atoms with Crippen molar-refractivity contribution in [2.75, 3.05) is 0 Å². The van der Waals surface area contributed by atoms with Gasteiger partial charge < -0.3 is 0 Å². The summed E-state index contributed by atoms with van der Waals surface area (Å²) in [4.78, 5) is 10.7. The van der Waals surface area contributed by atoms with Gasteiger partial charge in [0.2, 0.25) is 0 Å². The Morgan fingerprint density at radius 2 is 2.00 bits per heavy atom. The molecule has 0 bridgehead atoms. The maximum absolute atomic E-state index is 10.7. The van der Waals surface area contributed by atoms with E-state index in [4.69, 9.17) is 0 Å². The fourth-order valence-corrected chi connectivity index (χ4v) is 2.07. The molecule has 0 saturated heterocycles. The zero-order chi connectivity index (χ0) is 9.52. The van der Waals surface area contributed by atoms with Crippen molar-refractivity contribution >= 4 is 6.29 Å². The van der Waals surface area contributed by atoms with Gasteiger partial charge in [-0.2, -0.15) is 0 Å². The first-order chi connectivity index (χ1) is 6.36. The Labute approximate surface area is 81.2 Å². The van der Waals surface area contributed by atoms with Crippen molar-refractivity contribution in [3.63, 3.8) is 0 Å². The van der Waals surface area contributed by atoms with Crippen LogP contribution >= 0.6 is 0 Å². The molecular formula is C12H20O. The number of allylic oxidation sites excluding steroid dienone is 2. The van der Waals surface area contributed by atoms with Gasteiger partial charge in [-0.25, -0.2) is 0 Å². The molecule has 74 valence electrons. The number of hydrogen-bond acceptors (Lipinski definition) is 1. The topological polar surface area (TPSA) is 17.1 Å². The summed E-state index contributed by atoms with van der Waals surface area (Å²) in [6.07, 6.45) is 12.0. The maximum atomic E-state index is 10.7. The summed E-state index contributed by atoms with van der Waals surface area (Å²) in [7, 11) is 0. The lowest BCUT2D eigenvalue weighted by atomic mass is 9.87.